The molecular formula is C50H84O6. The number of rotatable bonds is 40. The molecule has 0 bridgehead atoms. The molecular weight excluding hydrogens is 697 g/mol. The summed E-state index contributed by atoms with van der Waals surface area (Å²) < 4.78 is 16.7. The van der Waals surface area contributed by atoms with Crippen molar-refractivity contribution < 1.29 is 28.6 Å². The maximum Gasteiger partial charge on any atom is 0.306 e. The predicted molar refractivity (Wildman–Crippen MR) is 238 cm³/mol. The van der Waals surface area contributed by atoms with Gasteiger partial charge in [0, 0.05) is 19.3 Å². The van der Waals surface area contributed by atoms with Crippen molar-refractivity contribution in [1.82, 2.24) is 0 Å². The average Bonchev–Trinajstić information content (AvgIpc) is 3.19. The molecule has 0 aromatic rings. The van der Waals surface area contributed by atoms with Crippen molar-refractivity contribution in [2.45, 2.75) is 213 Å². The van der Waals surface area contributed by atoms with Gasteiger partial charge >= 0.3 is 17.9 Å². The van der Waals surface area contributed by atoms with Crippen LogP contribution in [0, 0.1) is 0 Å². The van der Waals surface area contributed by atoms with Gasteiger partial charge in [-0.2, -0.15) is 0 Å². The lowest BCUT2D eigenvalue weighted by Crippen LogP contribution is -2.30. The van der Waals surface area contributed by atoms with E-state index in [-0.39, 0.29) is 31.1 Å². The smallest absolute Gasteiger partial charge is 0.306 e. The number of unbranched alkanes of at least 4 members (excludes halogenated alkanes) is 22. The third-order valence-corrected chi connectivity index (χ3v) is 9.64. The minimum Gasteiger partial charge on any atom is -0.462 e. The van der Waals surface area contributed by atoms with Crippen LogP contribution in [0.25, 0.3) is 0 Å². The van der Waals surface area contributed by atoms with Crippen LogP contribution < -0.4 is 0 Å². The minimum absolute atomic E-state index is 0.0880. The van der Waals surface area contributed by atoms with Gasteiger partial charge in [0.2, 0.25) is 0 Å². The SMILES string of the molecule is CC\C=C/C=C\C=C/C=C\C=C\C=C/CCCCCC(=O)OCC(COC(=O)CCCCCCCCCCC)OC(=O)CCCCCCCCCCCCCC. The lowest BCUT2D eigenvalue weighted by molar-refractivity contribution is -0.167. The summed E-state index contributed by atoms with van der Waals surface area (Å²) in [7, 11) is 0. The van der Waals surface area contributed by atoms with Crippen LogP contribution in [0.2, 0.25) is 0 Å². The van der Waals surface area contributed by atoms with Gasteiger partial charge in [-0.25, -0.2) is 0 Å². The van der Waals surface area contributed by atoms with Crippen molar-refractivity contribution in [3.05, 3.63) is 72.9 Å². The predicted octanol–water partition coefficient (Wildman–Crippen LogP) is 14.7. The molecule has 0 rings (SSSR count). The van der Waals surface area contributed by atoms with Gasteiger partial charge in [0.1, 0.15) is 13.2 Å². The van der Waals surface area contributed by atoms with Crippen LogP contribution in [0.1, 0.15) is 207 Å². The van der Waals surface area contributed by atoms with E-state index in [0.717, 1.165) is 70.6 Å². The van der Waals surface area contributed by atoms with E-state index < -0.39 is 6.10 Å². The van der Waals surface area contributed by atoms with Crippen LogP contribution in [0.5, 0.6) is 0 Å². The highest BCUT2D eigenvalue weighted by atomic mass is 16.6. The van der Waals surface area contributed by atoms with E-state index in [2.05, 4.69) is 32.9 Å². The van der Waals surface area contributed by atoms with Crippen LogP contribution in [0.3, 0.4) is 0 Å². The fourth-order valence-corrected chi connectivity index (χ4v) is 6.18. The van der Waals surface area contributed by atoms with Gasteiger partial charge in [0.15, 0.2) is 6.10 Å². The highest BCUT2D eigenvalue weighted by Crippen LogP contribution is 2.14. The summed E-state index contributed by atoms with van der Waals surface area (Å²) in [5.74, 6) is -0.939. The van der Waals surface area contributed by atoms with Crippen LogP contribution in [0.15, 0.2) is 72.9 Å². The zero-order valence-electron chi connectivity index (χ0n) is 36.4. The van der Waals surface area contributed by atoms with Gasteiger partial charge in [-0.05, 0) is 38.5 Å². The summed E-state index contributed by atoms with van der Waals surface area (Å²) in [4.78, 5) is 37.7. The third kappa shape index (κ3) is 42.0. The minimum atomic E-state index is -0.787. The lowest BCUT2D eigenvalue weighted by atomic mass is 10.0. The number of ether oxygens (including phenoxy) is 3. The molecule has 6 nitrogen and oxygen atoms in total. The number of allylic oxidation sites excluding steroid dienone is 12. The maximum absolute atomic E-state index is 12.7. The number of hydrogen-bond acceptors (Lipinski definition) is 6. The van der Waals surface area contributed by atoms with Crippen LogP contribution in [-0.2, 0) is 28.6 Å². The average molecular weight is 781 g/mol. The molecule has 0 aromatic carbocycles. The van der Waals surface area contributed by atoms with Gasteiger partial charge in [-0.15, -0.1) is 0 Å². The van der Waals surface area contributed by atoms with Crippen LogP contribution in [-0.4, -0.2) is 37.2 Å². The molecule has 56 heavy (non-hydrogen) atoms. The molecule has 0 saturated carbocycles. The van der Waals surface area contributed by atoms with Crippen molar-refractivity contribution in [3.63, 3.8) is 0 Å². The quantitative estimate of drug-likeness (QED) is 0.0267. The first-order valence-corrected chi connectivity index (χ1v) is 23.0. The molecule has 0 aliphatic rings. The molecule has 0 fully saturated rings. The van der Waals surface area contributed by atoms with E-state index in [4.69, 9.17) is 14.2 Å². The first-order chi connectivity index (χ1) is 27.5. The Balaban J connectivity index is 4.45. The zero-order valence-corrected chi connectivity index (χ0v) is 36.4. The Bertz CT molecular complexity index is 1080. The summed E-state index contributed by atoms with van der Waals surface area (Å²) in [5, 5.41) is 0. The highest BCUT2D eigenvalue weighted by molar-refractivity contribution is 5.71. The molecule has 6 heteroatoms. The van der Waals surface area contributed by atoms with Crippen molar-refractivity contribution >= 4 is 17.9 Å². The molecule has 0 N–H and O–H groups in total. The Hall–Kier alpha value is -3.15. The second-order valence-corrected chi connectivity index (χ2v) is 15.1. The normalized spacial score (nSPS) is 12.7. The molecule has 0 aliphatic heterocycles. The number of esters is 3. The van der Waals surface area contributed by atoms with E-state index >= 15 is 0 Å². The van der Waals surface area contributed by atoms with Crippen molar-refractivity contribution in [2.75, 3.05) is 13.2 Å². The topological polar surface area (TPSA) is 78.9 Å². The highest BCUT2D eigenvalue weighted by Gasteiger charge is 2.19. The summed E-state index contributed by atoms with van der Waals surface area (Å²) >= 11 is 0. The summed E-state index contributed by atoms with van der Waals surface area (Å²) in [6.07, 6.45) is 54.5. The van der Waals surface area contributed by atoms with Crippen LogP contribution in [0.4, 0.5) is 0 Å². The molecule has 0 heterocycles. The number of hydrogen-bond donors (Lipinski definition) is 0. The number of carbonyl (C=O) groups is 3. The Morgan fingerprint density at radius 2 is 0.696 bits per heavy atom. The molecule has 1 atom stereocenters. The van der Waals surface area contributed by atoms with Crippen molar-refractivity contribution in [1.29, 1.82) is 0 Å². The van der Waals surface area contributed by atoms with Gasteiger partial charge in [-0.1, -0.05) is 222 Å². The molecule has 0 spiro atoms. The Labute approximate surface area is 344 Å². The van der Waals surface area contributed by atoms with Gasteiger partial charge < -0.3 is 14.2 Å². The third-order valence-electron chi connectivity index (χ3n) is 9.64. The van der Waals surface area contributed by atoms with Gasteiger partial charge in [0.25, 0.3) is 0 Å². The molecule has 0 saturated heterocycles. The Morgan fingerprint density at radius 1 is 0.375 bits per heavy atom. The molecule has 1 unspecified atom stereocenters. The maximum atomic E-state index is 12.7. The van der Waals surface area contributed by atoms with E-state index in [1.54, 1.807) is 0 Å². The van der Waals surface area contributed by atoms with Crippen molar-refractivity contribution in [2.24, 2.45) is 0 Å². The fraction of sp³-hybridized carbons (Fsp3) is 0.700. The summed E-state index contributed by atoms with van der Waals surface area (Å²) in [6, 6.07) is 0. The monoisotopic (exact) mass is 781 g/mol. The second-order valence-electron chi connectivity index (χ2n) is 15.1. The zero-order chi connectivity index (χ0) is 40.8. The summed E-state index contributed by atoms with van der Waals surface area (Å²) in [5.41, 5.74) is 0. The van der Waals surface area contributed by atoms with Gasteiger partial charge in [0.05, 0.1) is 0 Å². The Morgan fingerprint density at radius 3 is 1.09 bits per heavy atom. The molecule has 0 aliphatic carbocycles. The largest absolute Gasteiger partial charge is 0.462 e. The summed E-state index contributed by atoms with van der Waals surface area (Å²) in [6.45, 7) is 6.42. The molecule has 0 amide bonds. The second kappa shape index (κ2) is 44.6. The van der Waals surface area contributed by atoms with Gasteiger partial charge in [-0.3, -0.25) is 14.4 Å². The molecule has 320 valence electrons. The van der Waals surface area contributed by atoms with Crippen molar-refractivity contribution in [3.8, 4) is 0 Å². The van der Waals surface area contributed by atoms with E-state index in [1.165, 1.54) is 96.3 Å². The molecule has 0 aromatic heterocycles. The first-order valence-electron chi connectivity index (χ1n) is 23.0. The van der Waals surface area contributed by atoms with E-state index in [9.17, 15) is 14.4 Å². The number of carbonyl (C=O) groups excluding carboxylic acids is 3. The standard InChI is InChI=1S/C50H84O6/c1-4-7-10-13-16-19-21-23-24-25-26-27-29-31-34-37-40-43-49(52)55-46-47(45-54-48(51)42-39-36-33-30-18-15-12-9-6-3)56-50(53)44-41-38-35-32-28-22-20-17-14-11-8-5-2/h7,10,13,16,19,21,23-27,29,47H,4-6,8-9,11-12,14-15,17-18,20,22,28,30-46H2,1-3H3/b10-7-,16-13-,21-19-,24-23-,26-25+,29-27-. The van der Waals surface area contributed by atoms with E-state index in [0.29, 0.717) is 19.3 Å². The lowest BCUT2D eigenvalue weighted by Gasteiger charge is -2.18. The van der Waals surface area contributed by atoms with Crippen LogP contribution >= 0.6 is 0 Å². The first kappa shape index (κ1) is 52.9. The Kier molecular flexibility index (Phi) is 42.1. The van der Waals surface area contributed by atoms with E-state index in [1.807, 2.05) is 60.8 Å². The molecule has 0 radical (unpaired) electrons. The fourth-order valence-electron chi connectivity index (χ4n) is 6.18.